The number of sulfonamides is 1. The third kappa shape index (κ3) is 1.48. The molecular formula is C7H14N2O2S. The molecule has 2 N–H and O–H groups in total. The molecule has 0 aromatic carbocycles. The van der Waals surface area contributed by atoms with Gasteiger partial charge >= 0.3 is 0 Å². The molecule has 0 aliphatic carbocycles. The third-order valence-electron chi connectivity index (χ3n) is 2.78. The van der Waals surface area contributed by atoms with Crippen molar-refractivity contribution in [2.45, 2.75) is 24.8 Å². The van der Waals surface area contributed by atoms with E-state index in [0.717, 1.165) is 32.4 Å². The van der Waals surface area contributed by atoms with Gasteiger partial charge in [0.1, 0.15) is 0 Å². The second kappa shape index (κ2) is 2.68. The van der Waals surface area contributed by atoms with Gasteiger partial charge in [0.15, 0.2) is 0 Å². The van der Waals surface area contributed by atoms with E-state index in [4.69, 9.17) is 0 Å². The Hall–Kier alpha value is -0.130. The highest BCUT2D eigenvalue weighted by molar-refractivity contribution is 7.89. The maximum absolute atomic E-state index is 11.2. The first-order valence-electron chi connectivity index (χ1n) is 4.34. The summed E-state index contributed by atoms with van der Waals surface area (Å²) in [5.74, 6) is 0.312. The highest BCUT2D eigenvalue weighted by Crippen LogP contribution is 2.28. The number of piperidine rings is 1. The molecule has 2 heterocycles. The zero-order valence-electron chi connectivity index (χ0n) is 6.97. The summed E-state index contributed by atoms with van der Waals surface area (Å²) in [6.07, 6.45) is 2.66. The van der Waals surface area contributed by atoms with E-state index in [-0.39, 0.29) is 5.54 Å². The summed E-state index contributed by atoms with van der Waals surface area (Å²) in [4.78, 5) is 0. The maximum atomic E-state index is 11.2. The lowest BCUT2D eigenvalue weighted by atomic mass is 9.87. The lowest BCUT2D eigenvalue weighted by Gasteiger charge is -2.32. The highest BCUT2D eigenvalue weighted by Gasteiger charge is 2.41. The topological polar surface area (TPSA) is 58.2 Å². The molecule has 0 aromatic rings. The van der Waals surface area contributed by atoms with Crippen molar-refractivity contribution in [2.75, 3.05) is 18.8 Å². The molecule has 4 nitrogen and oxygen atoms in total. The van der Waals surface area contributed by atoms with Gasteiger partial charge < -0.3 is 5.32 Å². The van der Waals surface area contributed by atoms with Crippen molar-refractivity contribution in [1.29, 1.82) is 0 Å². The van der Waals surface area contributed by atoms with Gasteiger partial charge in [-0.2, -0.15) is 0 Å². The smallest absolute Gasteiger partial charge is 0.212 e. The van der Waals surface area contributed by atoms with Crippen LogP contribution < -0.4 is 10.0 Å². The lowest BCUT2D eigenvalue weighted by Crippen LogP contribution is -2.49. The SMILES string of the molecule is O=S1(=O)CCC2(CCNCC2)N1. The molecule has 2 rings (SSSR count). The summed E-state index contributed by atoms with van der Waals surface area (Å²) in [7, 11) is -2.93. The molecule has 0 atom stereocenters. The molecule has 0 amide bonds. The number of rotatable bonds is 0. The van der Waals surface area contributed by atoms with Gasteiger partial charge in [-0.1, -0.05) is 0 Å². The Morgan fingerprint density at radius 2 is 1.75 bits per heavy atom. The Morgan fingerprint density at radius 1 is 1.08 bits per heavy atom. The summed E-state index contributed by atoms with van der Waals surface area (Å²) >= 11 is 0. The van der Waals surface area contributed by atoms with E-state index in [2.05, 4.69) is 10.0 Å². The minimum atomic E-state index is -2.93. The Morgan fingerprint density at radius 3 is 2.25 bits per heavy atom. The van der Waals surface area contributed by atoms with E-state index in [0.29, 0.717) is 5.75 Å². The van der Waals surface area contributed by atoms with Crippen LogP contribution in [0.3, 0.4) is 0 Å². The molecule has 2 saturated heterocycles. The van der Waals surface area contributed by atoms with Crippen LogP contribution in [0.25, 0.3) is 0 Å². The van der Waals surface area contributed by atoms with Crippen LogP contribution in [0.4, 0.5) is 0 Å². The molecule has 70 valence electrons. The first-order valence-corrected chi connectivity index (χ1v) is 6.00. The highest BCUT2D eigenvalue weighted by atomic mass is 32.2. The number of nitrogens with one attached hydrogen (secondary N) is 2. The first kappa shape index (κ1) is 8.47. The van der Waals surface area contributed by atoms with Crippen LogP contribution in [0.2, 0.25) is 0 Å². The fourth-order valence-electron chi connectivity index (χ4n) is 2.02. The van der Waals surface area contributed by atoms with Crippen molar-refractivity contribution in [2.24, 2.45) is 0 Å². The predicted molar refractivity (Wildman–Crippen MR) is 46.4 cm³/mol. The van der Waals surface area contributed by atoms with Crippen molar-refractivity contribution in [1.82, 2.24) is 10.0 Å². The first-order chi connectivity index (χ1) is 5.62. The van der Waals surface area contributed by atoms with Gasteiger partial charge in [0.25, 0.3) is 0 Å². The van der Waals surface area contributed by atoms with Crippen LogP contribution >= 0.6 is 0 Å². The summed E-state index contributed by atoms with van der Waals surface area (Å²) < 4.78 is 25.1. The largest absolute Gasteiger partial charge is 0.317 e. The number of hydrogen-bond acceptors (Lipinski definition) is 3. The van der Waals surface area contributed by atoms with Crippen molar-refractivity contribution < 1.29 is 8.42 Å². The van der Waals surface area contributed by atoms with Crippen molar-refractivity contribution in [3.05, 3.63) is 0 Å². The van der Waals surface area contributed by atoms with E-state index in [9.17, 15) is 8.42 Å². The molecule has 0 aromatic heterocycles. The van der Waals surface area contributed by atoms with Crippen molar-refractivity contribution >= 4 is 10.0 Å². The van der Waals surface area contributed by atoms with E-state index in [1.807, 2.05) is 0 Å². The van der Waals surface area contributed by atoms with E-state index in [1.165, 1.54) is 0 Å². The molecule has 12 heavy (non-hydrogen) atoms. The second-order valence-electron chi connectivity index (χ2n) is 3.70. The van der Waals surface area contributed by atoms with Crippen molar-refractivity contribution in [3.63, 3.8) is 0 Å². The monoisotopic (exact) mass is 190 g/mol. The fourth-order valence-corrected chi connectivity index (χ4v) is 3.75. The molecular weight excluding hydrogens is 176 g/mol. The fraction of sp³-hybridized carbons (Fsp3) is 1.00. The van der Waals surface area contributed by atoms with Gasteiger partial charge in [0.2, 0.25) is 10.0 Å². The van der Waals surface area contributed by atoms with Gasteiger partial charge in [-0.15, -0.1) is 0 Å². The normalized spacial score (nSPS) is 32.3. The Kier molecular flexibility index (Phi) is 1.89. The van der Waals surface area contributed by atoms with Gasteiger partial charge in [-0.25, -0.2) is 13.1 Å². The van der Waals surface area contributed by atoms with Gasteiger partial charge in [-0.05, 0) is 32.4 Å². The van der Waals surface area contributed by atoms with Gasteiger partial charge in [0.05, 0.1) is 5.75 Å². The molecule has 0 radical (unpaired) electrons. The number of hydrogen-bond donors (Lipinski definition) is 2. The molecule has 2 aliphatic heterocycles. The second-order valence-corrected chi connectivity index (χ2v) is 5.54. The average molecular weight is 190 g/mol. The minimum Gasteiger partial charge on any atom is -0.317 e. The van der Waals surface area contributed by atoms with E-state index in [1.54, 1.807) is 0 Å². The van der Waals surface area contributed by atoms with Crippen LogP contribution in [0.5, 0.6) is 0 Å². The summed E-state index contributed by atoms with van der Waals surface area (Å²) in [5.41, 5.74) is -0.0932. The molecule has 2 fully saturated rings. The minimum absolute atomic E-state index is 0.0932. The van der Waals surface area contributed by atoms with E-state index < -0.39 is 10.0 Å². The molecule has 0 bridgehead atoms. The molecule has 5 heteroatoms. The zero-order chi connectivity index (χ0) is 8.66. The Labute approximate surface area is 72.8 Å². The standard InChI is InChI=1S/C7H14N2O2S/c10-12(11)6-3-7(9-12)1-4-8-5-2-7/h8-9H,1-6H2. The zero-order valence-corrected chi connectivity index (χ0v) is 7.78. The molecule has 2 aliphatic rings. The van der Waals surface area contributed by atoms with Crippen LogP contribution in [-0.2, 0) is 10.0 Å². The predicted octanol–water partition coefficient (Wildman–Crippen LogP) is -0.568. The van der Waals surface area contributed by atoms with Gasteiger partial charge in [-0.3, -0.25) is 0 Å². The molecule has 0 unspecified atom stereocenters. The van der Waals surface area contributed by atoms with Crippen LogP contribution in [-0.4, -0.2) is 32.8 Å². The molecule has 1 spiro atoms. The van der Waals surface area contributed by atoms with Crippen molar-refractivity contribution in [3.8, 4) is 0 Å². The molecule has 0 saturated carbocycles. The van der Waals surface area contributed by atoms with Gasteiger partial charge in [0, 0.05) is 5.54 Å². The van der Waals surface area contributed by atoms with Crippen LogP contribution in [0, 0.1) is 0 Å². The lowest BCUT2D eigenvalue weighted by molar-refractivity contribution is 0.291. The third-order valence-corrected chi connectivity index (χ3v) is 4.27. The Bertz CT molecular complexity index is 267. The summed E-state index contributed by atoms with van der Waals surface area (Å²) in [6, 6.07) is 0. The maximum Gasteiger partial charge on any atom is 0.212 e. The van der Waals surface area contributed by atoms with Crippen LogP contribution in [0.15, 0.2) is 0 Å². The Balaban J connectivity index is 2.13. The van der Waals surface area contributed by atoms with Crippen LogP contribution in [0.1, 0.15) is 19.3 Å². The average Bonchev–Trinajstić information content (AvgIpc) is 2.29. The summed E-state index contributed by atoms with van der Waals surface area (Å²) in [6.45, 7) is 1.87. The summed E-state index contributed by atoms with van der Waals surface area (Å²) in [5, 5.41) is 3.23. The van der Waals surface area contributed by atoms with E-state index >= 15 is 0 Å². The quantitative estimate of drug-likeness (QED) is 0.538.